The van der Waals surface area contributed by atoms with E-state index in [9.17, 15) is 0 Å². The van der Waals surface area contributed by atoms with E-state index in [4.69, 9.17) is 9.47 Å². The van der Waals surface area contributed by atoms with Gasteiger partial charge in [0, 0.05) is 42.8 Å². The van der Waals surface area contributed by atoms with Crippen LogP contribution in [-0.2, 0) is 9.47 Å². The average Bonchev–Trinajstić information content (AvgIpc) is 2.39. The van der Waals surface area contributed by atoms with E-state index in [-0.39, 0.29) is 0 Å². The van der Waals surface area contributed by atoms with Crippen LogP contribution in [0.3, 0.4) is 0 Å². The number of hydrogen-bond acceptors (Lipinski definition) is 3. The Hall–Kier alpha value is 0.750. The molecule has 0 N–H and O–H groups in total. The molecule has 2 aliphatic rings. The third-order valence-electron chi connectivity index (χ3n) is 3.63. The summed E-state index contributed by atoms with van der Waals surface area (Å²) in [5.41, 5.74) is 0.487. The molecule has 0 radical (unpaired) electrons. The minimum atomic E-state index is 0.487. The fraction of sp³-hybridized carbons (Fsp3) is 1.00. The lowest BCUT2D eigenvalue weighted by molar-refractivity contribution is 0.0372. The van der Waals surface area contributed by atoms with Crippen LogP contribution in [0.2, 0.25) is 0 Å². The molecule has 16 heavy (non-hydrogen) atoms. The second-order valence-electron chi connectivity index (χ2n) is 4.87. The van der Waals surface area contributed by atoms with Gasteiger partial charge in [-0.25, -0.2) is 0 Å². The van der Waals surface area contributed by atoms with Crippen molar-refractivity contribution in [3.8, 4) is 0 Å². The van der Waals surface area contributed by atoms with Crippen LogP contribution < -0.4 is 0 Å². The molecule has 0 amide bonds. The quantitative estimate of drug-likeness (QED) is 0.744. The van der Waals surface area contributed by atoms with Crippen molar-refractivity contribution in [2.75, 3.05) is 37.5 Å². The summed E-state index contributed by atoms with van der Waals surface area (Å²) in [4.78, 5) is 0. The maximum atomic E-state index is 5.47. The zero-order valence-corrected chi connectivity index (χ0v) is 12.2. The first-order chi connectivity index (χ1) is 7.85. The summed E-state index contributed by atoms with van der Waals surface area (Å²) in [6, 6.07) is 0. The molecule has 4 heteroatoms. The minimum absolute atomic E-state index is 0.487. The number of ether oxygens (including phenoxy) is 2. The lowest BCUT2D eigenvalue weighted by Crippen LogP contribution is -2.34. The van der Waals surface area contributed by atoms with E-state index in [0.29, 0.717) is 5.41 Å². The fourth-order valence-corrected chi connectivity index (χ4v) is 4.79. The second kappa shape index (κ2) is 6.62. The summed E-state index contributed by atoms with van der Waals surface area (Å²) in [6.07, 6.45) is 4.90. The first kappa shape index (κ1) is 13.2. The van der Waals surface area contributed by atoms with Crippen LogP contribution in [0.15, 0.2) is 0 Å². The van der Waals surface area contributed by atoms with Crippen LogP contribution in [0.4, 0.5) is 0 Å². The summed E-state index contributed by atoms with van der Waals surface area (Å²) < 4.78 is 10.9. The standard InChI is InChI=1S/C12H21BrO2S/c13-9-12(3-7-15-8-4-12)10-16-11-1-5-14-6-2-11/h11H,1-10H2. The number of rotatable bonds is 4. The molecule has 0 aromatic heterocycles. The highest BCUT2D eigenvalue weighted by Crippen LogP contribution is 2.38. The van der Waals surface area contributed by atoms with Crippen molar-refractivity contribution in [2.24, 2.45) is 5.41 Å². The number of alkyl halides is 1. The smallest absolute Gasteiger partial charge is 0.0476 e. The Bertz CT molecular complexity index is 201. The Labute approximate surface area is 111 Å². The van der Waals surface area contributed by atoms with Crippen molar-refractivity contribution in [1.82, 2.24) is 0 Å². The van der Waals surface area contributed by atoms with Crippen molar-refractivity contribution in [1.29, 1.82) is 0 Å². The first-order valence-electron chi connectivity index (χ1n) is 6.18. The van der Waals surface area contributed by atoms with Crippen LogP contribution in [-0.4, -0.2) is 42.8 Å². The van der Waals surface area contributed by atoms with Gasteiger partial charge in [0.15, 0.2) is 0 Å². The topological polar surface area (TPSA) is 18.5 Å². The molecular formula is C12H21BrO2S. The highest BCUT2D eigenvalue weighted by molar-refractivity contribution is 9.09. The number of thioether (sulfide) groups is 1. The zero-order valence-electron chi connectivity index (χ0n) is 9.75. The van der Waals surface area contributed by atoms with Crippen molar-refractivity contribution in [2.45, 2.75) is 30.9 Å². The molecular weight excluding hydrogens is 288 g/mol. The summed E-state index contributed by atoms with van der Waals surface area (Å²) in [7, 11) is 0. The molecule has 94 valence electrons. The van der Waals surface area contributed by atoms with E-state index in [1.165, 1.54) is 31.4 Å². The van der Waals surface area contributed by atoms with Crippen LogP contribution in [0.1, 0.15) is 25.7 Å². The van der Waals surface area contributed by atoms with Gasteiger partial charge >= 0.3 is 0 Å². The van der Waals surface area contributed by atoms with Gasteiger partial charge in [-0.3, -0.25) is 0 Å². The minimum Gasteiger partial charge on any atom is -0.381 e. The van der Waals surface area contributed by atoms with Gasteiger partial charge in [0.25, 0.3) is 0 Å². The van der Waals surface area contributed by atoms with E-state index in [2.05, 4.69) is 27.7 Å². The van der Waals surface area contributed by atoms with Crippen molar-refractivity contribution < 1.29 is 9.47 Å². The van der Waals surface area contributed by atoms with Gasteiger partial charge < -0.3 is 9.47 Å². The predicted molar refractivity (Wildman–Crippen MR) is 72.6 cm³/mol. The molecule has 2 aliphatic heterocycles. The van der Waals surface area contributed by atoms with Crippen LogP contribution in [0.25, 0.3) is 0 Å². The normalized spacial score (nSPS) is 26.8. The highest BCUT2D eigenvalue weighted by Gasteiger charge is 2.32. The monoisotopic (exact) mass is 308 g/mol. The maximum absolute atomic E-state index is 5.47. The molecule has 2 nitrogen and oxygen atoms in total. The van der Waals surface area contributed by atoms with Crippen LogP contribution >= 0.6 is 27.7 Å². The van der Waals surface area contributed by atoms with Crippen molar-refractivity contribution in [3.63, 3.8) is 0 Å². The van der Waals surface area contributed by atoms with E-state index in [1.807, 2.05) is 0 Å². The Morgan fingerprint density at radius 1 is 1.06 bits per heavy atom. The highest BCUT2D eigenvalue weighted by atomic mass is 79.9. The van der Waals surface area contributed by atoms with Gasteiger partial charge in [-0.2, -0.15) is 11.8 Å². The lowest BCUT2D eigenvalue weighted by atomic mass is 9.85. The molecule has 0 atom stereocenters. The summed E-state index contributed by atoms with van der Waals surface area (Å²) >= 11 is 5.86. The molecule has 0 unspecified atom stereocenters. The Morgan fingerprint density at radius 2 is 1.69 bits per heavy atom. The molecule has 2 heterocycles. The van der Waals surface area contributed by atoms with Gasteiger partial charge in [0.2, 0.25) is 0 Å². The van der Waals surface area contributed by atoms with Crippen LogP contribution in [0.5, 0.6) is 0 Å². The zero-order chi connectivity index (χ0) is 11.3. The maximum Gasteiger partial charge on any atom is 0.0476 e. The molecule has 0 aliphatic carbocycles. The molecule has 2 rings (SSSR count). The van der Waals surface area contributed by atoms with Gasteiger partial charge in [-0.05, 0) is 31.1 Å². The van der Waals surface area contributed by atoms with E-state index < -0.39 is 0 Å². The Morgan fingerprint density at radius 3 is 2.31 bits per heavy atom. The van der Waals surface area contributed by atoms with Gasteiger partial charge in [0.1, 0.15) is 0 Å². The van der Waals surface area contributed by atoms with Crippen molar-refractivity contribution >= 4 is 27.7 Å². The van der Waals surface area contributed by atoms with E-state index >= 15 is 0 Å². The molecule has 0 aromatic carbocycles. The first-order valence-corrected chi connectivity index (χ1v) is 8.35. The third-order valence-corrected chi connectivity index (χ3v) is 6.54. The molecule has 0 spiro atoms. The van der Waals surface area contributed by atoms with Gasteiger partial charge in [-0.15, -0.1) is 0 Å². The van der Waals surface area contributed by atoms with E-state index in [0.717, 1.165) is 37.0 Å². The van der Waals surface area contributed by atoms with Crippen LogP contribution in [0, 0.1) is 5.41 Å². The largest absolute Gasteiger partial charge is 0.381 e. The second-order valence-corrected chi connectivity index (χ2v) is 6.72. The van der Waals surface area contributed by atoms with Gasteiger partial charge in [0.05, 0.1) is 0 Å². The van der Waals surface area contributed by atoms with E-state index in [1.54, 1.807) is 0 Å². The third kappa shape index (κ3) is 3.62. The number of halogens is 1. The lowest BCUT2D eigenvalue weighted by Gasteiger charge is -2.36. The Kier molecular flexibility index (Phi) is 5.46. The fourth-order valence-electron chi connectivity index (χ4n) is 2.26. The van der Waals surface area contributed by atoms with Gasteiger partial charge in [-0.1, -0.05) is 15.9 Å². The molecule has 0 aromatic rings. The molecule has 2 saturated heterocycles. The average molecular weight is 309 g/mol. The summed E-state index contributed by atoms with van der Waals surface area (Å²) in [5, 5.41) is 1.95. The summed E-state index contributed by atoms with van der Waals surface area (Å²) in [5.74, 6) is 1.28. The molecule has 2 fully saturated rings. The Balaban J connectivity index is 1.77. The predicted octanol–water partition coefficient (Wildman–Crippen LogP) is 3.09. The number of hydrogen-bond donors (Lipinski definition) is 0. The summed E-state index contributed by atoms with van der Waals surface area (Å²) in [6.45, 7) is 3.81. The SMILES string of the molecule is BrCC1(CSC2CCOCC2)CCOCC1. The van der Waals surface area contributed by atoms with Crippen molar-refractivity contribution in [3.05, 3.63) is 0 Å². The molecule has 0 bridgehead atoms. The molecule has 0 saturated carbocycles.